The predicted molar refractivity (Wildman–Crippen MR) is 111 cm³/mol. The van der Waals surface area contributed by atoms with Crippen molar-refractivity contribution in [3.63, 3.8) is 0 Å². The Bertz CT molecular complexity index is 752. The van der Waals surface area contributed by atoms with Gasteiger partial charge >= 0.3 is 24.2 Å². The van der Waals surface area contributed by atoms with Crippen molar-refractivity contribution in [2.45, 2.75) is 63.8 Å². The van der Waals surface area contributed by atoms with Crippen LogP contribution in [0.1, 0.15) is 27.7 Å². The molecular formula is C21H32O14. The zero-order valence-corrected chi connectivity index (χ0v) is 20.0. The van der Waals surface area contributed by atoms with Gasteiger partial charge in [-0.3, -0.25) is 0 Å². The summed E-state index contributed by atoms with van der Waals surface area (Å²) in [7, 11) is 0. The van der Waals surface area contributed by atoms with Crippen molar-refractivity contribution in [1.82, 2.24) is 0 Å². The molecule has 0 aromatic carbocycles. The van der Waals surface area contributed by atoms with Gasteiger partial charge in [0.25, 0.3) is 0 Å². The molecule has 0 aromatic rings. The van der Waals surface area contributed by atoms with Gasteiger partial charge in [0.05, 0.1) is 24.9 Å². The summed E-state index contributed by atoms with van der Waals surface area (Å²) >= 11 is 0. The van der Waals surface area contributed by atoms with Gasteiger partial charge in [-0.25, -0.2) is 19.2 Å². The second-order valence-electron chi connectivity index (χ2n) is 8.64. The highest BCUT2D eigenvalue weighted by molar-refractivity contribution is 5.80. The summed E-state index contributed by atoms with van der Waals surface area (Å²) in [6, 6.07) is 0. The lowest BCUT2D eigenvalue weighted by Gasteiger charge is -2.36. The van der Waals surface area contributed by atoms with Gasteiger partial charge in [-0.05, 0) is 20.8 Å². The van der Waals surface area contributed by atoms with E-state index in [2.05, 4.69) is 18.9 Å². The number of cyclic esters (lactones) is 4. The van der Waals surface area contributed by atoms with Gasteiger partial charge in [0.2, 0.25) is 12.2 Å². The molecule has 35 heavy (non-hydrogen) atoms. The van der Waals surface area contributed by atoms with Gasteiger partial charge in [-0.15, -0.1) is 0 Å². The maximum Gasteiger partial charge on any atom is 0.509 e. The van der Waals surface area contributed by atoms with E-state index in [1.165, 1.54) is 0 Å². The quantitative estimate of drug-likeness (QED) is 0.230. The highest BCUT2D eigenvalue weighted by Crippen LogP contribution is 2.26. The summed E-state index contributed by atoms with van der Waals surface area (Å²) in [4.78, 5) is 45.2. The summed E-state index contributed by atoms with van der Waals surface area (Å²) < 4.78 is 39.4. The Balaban J connectivity index is 1.64. The van der Waals surface area contributed by atoms with Crippen LogP contribution in [0.2, 0.25) is 0 Å². The summed E-state index contributed by atoms with van der Waals surface area (Å²) in [5, 5.41) is 20.1. The van der Waals surface area contributed by atoms with Crippen LogP contribution in [-0.4, -0.2) is 110 Å². The van der Waals surface area contributed by atoms with Gasteiger partial charge in [0.15, 0.2) is 0 Å². The summed E-state index contributed by atoms with van der Waals surface area (Å²) in [5.41, 5.74) is -0.775. The minimum atomic E-state index is -1.15. The maximum absolute atomic E-state index is 11.8. The number of carbonyl (C=O) groups is 4. The smallest absolute Gasteiger partial charge is 0.460 e. The molecule has 2 heterocycles. The van der Waals surface area contributed by atoms with Crippen molar-refractivity contribution in [2.24, 2.45) is 5.92 Å². The molecule has 2 saturated heterocycles. The third-order valence-corrected chi connectivity index (χ3v) is 5.54. The number of esters is 2. The highest BCUT2D eigenvalue weighted by Gasteiger charge is 2.35. The van der Waals surface area contributed by atoms with Crippen molar-refractivity contribution < 1.29 is 67.3 Å². The zero-order valence-electron chi connectivity index (χ0n) is 20.0. The van der Waals surface area contributed by atoms with Gasteiger partial charge in [-0.2, -0.15) is 0 Å². The minimum absolute atomic E-state index is 0.135. The van der Waals surface area contributed by atoms with Crippen LogP contribution >= 0.6 is 0 Å². The molecule has 2 N–H and O–H groups in total. The lowest BCUT2D eigenvalue weighted by Crippen LogP contribution is -2.43. The van der Waals surface area contributed by atoms with Gasteiger partial charge in [0, 0.05) is 5.92 Å². The SMILES string of the molecule is CC(OCC(O)COC(=O)C1COC(=O)O1)C(C)C(C)(C)OCC(O)COC(=O)C1COC(=O)O1. The van der Waals surface area contributed by atoms with Gasteiger partial charge in [-0.1, -0.05) is 6.92 Å². The fourth-order valence-electron chi connectivity index (χ4n) is 2.94. The Morgan fingerprint density at radius 2 is 1.34 bits per heavy atom. The number of ether oxygens (including phenoxy) is 8. The number of hydrogen-bond acceptors (Lipinski definition) is 14. The van der Waals surface area contributed by atoms with Crippen molar-refractivity contribution >= 4 is 24.2 Å². The first-order valence-electron chi connectivity index (χ1n) is 11.0. The number of aliphatic hydroxyl groups is 2. The lowest BCUT2D eigenvalue weighted by atomic mass is 9.88. The number of carbonyl (C=O) groups excluding carboxylic acids is 4. The fraction of sp³-hybridized carbons (Fsp3) is 0.810. The molecule has 0 radical (unpaired) electrons. The number of rotatable bonds is 14. The molecule has 0 amide bonds. The average Bonchev–Trinajstić information content (AvgIpc) is 3.45. The molecule has 0 saturated carbocycles. The maximum atomic E-state index is 11.8. The second-order valence-corrected chi connectivity index (χ2v) is 8.64. The standard InChI is InChI=1S/C21H32O14/c1-11(12(2)28-5-13(22)6-29-17(24)15-9-31-19(26)34-15)21(3,4)33-8-14(23)7-30-18(25)16-10-32-20(27)35-16/h11-16,22-23H,5-10H2,1-4H3. The summed E-state index contributed by atoms with van der Waals surface area (Å²) in [5.74, 6) is -1.86. The summed E-state index contributed by atoms with van der Waals surface area (Å²) in [6.07, 6.45) is -6.85. The molecule has 6 atom stereocenters. The van der Waals surface area contributed by atoms with Crippen LogP contribution in [0.15, 0.2) is 0 Å². The van der Waals surface area contributed by atoms with Crippen LogP contribution < -0.4 is 0 Å². The van der Waals surface area contributed by atoms with Crippen LogP contribution in [0, 0.1) is 5.92 Å². The molecule has 6 unspecified atom stereocenters. The molecule has 14 heteroatoms. The van der Waals surface area contributed by atoms with E-state index in [-0.39, 0.29) is 45.6 Å². The van der Waals surface area contributed by atoms with Crippen LogP contribution in [0.25, 0.3) is 0 Å². The molecule has 2 fully saturated rings. The minimum Gasteiger partial charge on any atom is -0.460 e. The lowest BCUT2D eigenvalue weighted by molar-refractivity contribution is -0.161. The van der Waals surface area contributed by atoms with E-state index >= 15 is 0 Å². The van der Waals surface area contributed by atoms with E-state index in [1.807, 2.05) is 6.92 Å². The first-order valence-corrected chi connectivity index (χ1v) is 11.0. The monoisotopic (exact) mass is 508 g/mol. The van der Waals surface area contributed by atoms with Gasteiger partial charge < -0.3 is 48.1 Å². The molecule has 0 spiro atoms. The average molecular weight is 508 g/mol. The zero-order chi connectivity index (χ0) is 26.2. The molecule has 0 aliphatic carbocycles. The van der Waals surface area contributed by atoms with E-state index in [4.69, 9.17) is 18.9 Å². The molecule has 0 aromatic heterocycles. The molecule has 200 valence electrons. The first-order chi connectivity index (χ1) is 16.4. The molecular weight excluding hydrogens is 476 g/mol. The van der Waals surface area contributed by atoms with E-state index in [0.717, 1.165) is 0 Å². The fourth-order valence-corrected chi connectivity index (χ4v) is 2.94. The number of hydrogen-bond donors (Lipinski definition) is 2. The summed E-state index contributed by atoms with van der Waals surface area (Å²) in [6.45, 7) is 5.72. The normalized spacial score (nSPS) is 23.3. The number of aliphatic hydroxyl groups excluding tert-OH is 2. The Labute approximate surface area is 201 Å². The Kier molecular flexibility index (Phi) is 10.5. The van der Waals surface area contributed by atoms with Crippen molar-refractivity contribution in [1.29, 1.82) is 0 Å². The largest absolute Gasteiger partial charge is 0.509 e. The Morgan fingerprint density at radius 1 is 0.886 bits per heavy atom. The van der Waals surface area contributed by atoms with E-state index in [9.17, 15) is 29.4 Å². The third kappa shape index (κ3) is 9.12. The van der Waals surface area contributed by atoms with Crippen molar-refractivity contribution in [3.05, 3.63) is 0 Å². The van der Waals surface area contributed by atoms with E-state index in [0.29, 0.717) is 0 Å². The van der Waals surface area contributed by atoms with Crippen LogP contribution in [0.5, 0.6) is 0 Å². The Morgan fingerprint density at radius 3 is 1.77 bits per heavy atom. The topological polar surface area (TPSA) is 183 Å². The third-order valence-electron chi connectivity index (χ3n) is 5.54. The second kappa shape index (κ2) is 12.9. The Hall–Kier alpha value is -2.68. The van der Waals surface area contributed by atoms with E-state index in [1.54, 1.807) is 20.8 Å². The van der Waals surface area contributed by atoms with Crippen molar-refractivity contribution in [3.8, 4) is 0 Å². The highest BCUT2D eigenvalue weighted by atomic mass is 16.8. The molecule has 0 bridgehead atoms. The molecule has 2 aliphatic heterocycles. The molecule has 2 rings (SSSR count). The van der Waals surface area contributed by atoms with E-state index < -0.39 is 60.4 Å². The van der Waals surface area contributed by atoms with Crippen molar-refractivity contribution in [2.75, 3.05) is 39.6 Å². The molecule has 2 aliphatic rings. The molecule has 14 nitrogen and oxygen atoms in total. The predicted octanol–water partition coefficient (Wildman–Crippen LogP) is -0.298. The van der Waals surface area contributed by atoms with Crippen LogP contribution in [0.4, 0.5) is 9.59 Å². The van der Waals surface area contributed by atoms with Crippen LogP contribution in [-0.2, 0) is 47.5 Å². The van der Waals surface area contributed by atoms with Gasteiger partial charge in [0.1, 0.15) is 38.6 Å². The first kappa shape index (κ1) is 28.6. The van der Waals surface area contributed by atoms with Crippen LogP contribution in [0.3, 0.4) is 0 Å².